The number of para-hydroxylation sites is 1. The maximum Gasteiger partial charge on any atom is 0.191 e. The molecule has 1 aromatic carbocycles. The fourth-order valence-corrected chi connectivity index (χ4v) is 2.63. The van der Waals surface area contributed by atoms with Crippen LogP contribution in [-0.4, -0.2) is 32.2 Å². The Morgan fingerprint density at radius 2 is 2.00 bits per heavy atom. The maximum absolute atomic E-state index is 5.65. The number of thiophene rings is 1. The van der Waals surface area contributed by atoms with Crippen molar-refractivity contribution in [3.63, 3.8) is 0 Å². The SMILES string of the molecule is CCNC(=NCCc1cccs1)NCCOc1ccccc1. The number of hydrogen-bond acceptors (Lipinski definition) is 3. The topological polar surface area (TPSA) is 45.7 Å². The molecule has 2 N–H and O–H groups in total. The van der Waals surface area contributed by atoms with E-state index in [0.29, 0.717) is 6.61 Å². The summed E-state index contributed by atoms with van der Waals surface area (Å²) in [4.78, 5) is 5.95. The molecule has 118 valence electrons. The molecular weight excluding hydrogens is 294 g/mol. The second-order valence-corrected chi connectivity index (χ2v) is 5.71. The van der Waals surface area contributed by atoms with Gasteiger partial charge in [-0.1, -0.05) is 24.3 Å². The molecule has 1 aromatic heterocycles. The first-order valence-corrected chi connectivity index (χ1v) is 8.49. The molecule has 0 aliphatic carbocycles. The van der Waals surface area contributed by atoms with E-state index in [4.69, 9.17) is 4.74 Å². The Balaban J connectivity index is 1.69. The lowest BCUT2D eigenvalue weighted by Gasteiger charge is -2.12. The van der Waals surface area contributed by atoms with Crippen LogP contribution in [0.3, 0.4) is 0 Å². The first-order chi connectivity index (χ1) is 10.9. The molecular formula is C17H23N3OS. The molecule has 0 saturated carbocycles. The molecule has 0 aliphatic heterocycles. The smallest absolute Gasteiger partial charge is 0.191 e. The summed E-state index contributed by atoms with van der Waals surface area (Å²) in [5.74, 6) is 1.74. The second-order valence-electron chi connectivity index (χ2n) is 4.68. The van der Waals surface area contributed by atoms with Gasteiger partial charge >= 0.3 is 0 Å². The quantitative estimate of drug-likeness (QED) is 0.447. The zero-order valence-electron chi connectivity index (χ0n) is 12.9. The molecule has 0 spiro atoms. The molecule has 0 atom stereocenters. The first kappa shape index (κ1) is 16.4. The van der Waals surface area contributed by atoms with Gasteiger partial charge in [0.1, 0.15) is 12.4 Å². The van der Waals surface area contributed by atoms with E-state index in [-0.39, 0.29) is 0 Å². The molecule has 22 heavy (non-hydrogen) atoms. The summed E-state index contributed by atoms with van der Waals surface area (Å²) in [5.41, 5.74) is 0. The number of hydrogen-bond donors (Lipinski definition) is 2. The van der Waals surface area contributed by atoms with Gasteiger partial charge in [-0.2, -0.15) is 0 Å². The van der Waals surface area contributed by atoms with Crippen LogP contribution in [0.4, 0.5) is 0 Å². The molecule has 0 bridgehead atoms. The van der Waals surface area contributed by atoms with Crippen LogP contribution in [0.2, 0.25) is 0 Å². The van der Waals surface area contributed by atoms with Crippen molar-refractivity contribution in [2.45, 2.75) is 13.3 Å². The van der Waals surface area contributed by atoms with Crippen LogP contribution in [0.25, 0.3) is 0 Å². The van der Waals surface area contributed by atoms with E-state index < -0.39 is 0 Å². The lowest BCUT2D eigenvalue weighted by Crippen LogP contribution is -2.39. The number of nitrogens with zero attached hydrogens (tertiary/aromatic N) is 1. The zero-order chi connectivity index (χ0) is 15.5. The van der Waals surface area contributed by atoms with Crippen molar-refractivity contribution in [3.8, 4) is 5.75 Å². The van der Waals surface area contributed by atoms with Gasteiger partial charge in [0.15, 0.2) is 5.96 Å². The summed E-state index contributed by atoms with van der Waals surface area (Å²) < 4.78 is 5.65. The maximum atomic E-state index is 5.65. The molecule has 5 heteroatoms. The van der Waals surface area contributed by atoms with Crippen molar-refractivity contribution < 1.29 is 4.74 Å². The van der Waals surface area contributed by atoms with Crippen molar-refractivity contribution >= 4 is 17.3 Å². The van der Waals surface area contributed by atoms with E-state index in [1.165, 1.54) is 4.88 Å². The predicted octanol–water partition coefficient (Wildman–Crippen LogP) is 2.92. The predicted molar refractivity (Wildman–Crippen MR) is 93.9 cm³/mol. The molecule has 2 aromatic rings. The highest BCUT2D eigenvalue weighted by atomic mass is 32.1. The fourth-order valence-electron chi connectivity index (χ4n) is 1.93. The molecule has 1 heterocycles. The van der Waals surface area contributed by atoms with E-state index in [0.717, 1.165) is 37.8 Å². The summed E-state index contributed by atoms with van der Waals surface area (Å²) in [5, 5.41) is 8.64. The highest BCUT2D eigenvalue weighted by Gasteiger charge is 1.98. The summed E-state index contributed by atoms with van der Waals surface area (Å²) in [7, 11) is 0. The van der Waals surface area contributed by atoms with Crippen LogP contribution in [0.1, 0.15) is 11.8 Å². The van der Waals surface area contributed by atoms with Crippen molar-refractivity contribution in [2.24, 2.45) is 4.99 Å². The third kappa shape index (κ3) is 6.18. The monoisotopic (exact) mass is 317 g/mol. The Hall–Kier alpha value is -2.01. The number of nitrogens with one attached hydrogen (secondary N) is 2. The minimum absolute atomic E-state index is 0.610. The summed E-state index contributed by atoms with van der Waals surface area (Å²) >= 11 is 1.78. The Morgan fingerprint density at radius 1 is 1.14 bits per heavy atom. The molecule has 0 aliphatic rings. The van der Waals surface area contributed by atoms with E-state index in [9.17, 15) is 0 Å². The standard InChI is InChI=1S/C17H23N3OS/c1-2-18-17(19-11-10-16-9-6-14-22-16)20-12-13-21-15-7-4-3-5-8-15/h3-9,14H,2,10-13H2,1H3,(H2,18,19,20). The second kappa shape index (κ2) is 9.84. The molecule has 0 unspecified atom stereocenters. The van der Waals surface area contributed by atoms with Crippen LogP contribution in [0.5, 0.6) is 5.75 Å². The Bertz CT molecular complexity index is 540. The van der Waals surface area contributed by atoms with Gasteiger partial charge in [-0.05, 0) is 30.5 Å². The van der Waals surface area contributed by atoms with Gasteiger partial charge in [0.2, 0.25) is 0 Å². The normalized spacial score (nSPS) is 11.2. The summed E-state index contributed by atoms with van der Waals surface area (Å²) in [6.45, 7) is 5.04. The van der Waals surface area contributed by atoms with Crippen LogP contribution < -0.4 is 15.4 Å². The summed E-state index contributed by atoms with van der Waals surface area (Å²) in [6, 6.07) is 14.1. The van der Waals surface area contributed by atoms with Gasteiger partial charge in [0.05, 0.1) is 6.54 Å². The van der Waals surface area contributed by atoms with Gasteiger partial charge in [0, 0.05) is 24.4 Å². The number of benzene rings is 1. The molecule has 2 rings (SSSR count). The van der Waals surface area contributed by atoms with Gasteiger partial charge in [-0.15, -0.1) is 11.3 Å². The zero-order valence-corrected chi connectivity index (χ0v) is 13.7. The average molecular weight is 317 g/mol. The minimum Gasteiger partial charge on any atom is -0.492 e. The number of guanidine groups is 1. The van der Waals surface area contributed by atoms with Crippen LogP contribution in [0, 0.1) is 0 Å². The Kier molecular flexibility index (Phi) is 7.32. The molecule has 0 fully saturated rings. The highest BCUT2D eigenvalue weighted by Crippen LogP contribution is 2.09. The average Bonchev–Trinajstić information content (AvgIpc) is 3.06. The Morgan fingerprint density at radius 3 is 2.73 bits per heavy atom. The fraction of sp³-hybridized carbons (Fsp3) is 0.353. The van der Waals surface area contributed by atoms with Gasteiger partial charge < -0.3 is 15.4 Å². The van der Waals surface area contributed by atoms with Gasteiger partial charge in [-0.3, -0.25) is 4.99 Å². The number of ether oxygens (including phenoxy) is 1. The highest BCUT2D eigenvalue weighted by molar-refractivity contribution is 7.09. The lowest BCUT2D eigenvalue weighted by molar-refractivity contribution is 0.322. The largest absolute Gasteiger partial charge is 0.492 e. The molecule has 0 amide bonds. The third-order valence-corrected chi connectivity index (χ3v) is 3.90. The third-order valence-electron chi connectivity index (χ3n) is 2.96. The van der Waals surface area contributed by atoms with E-state index in [1.54, 1.807) is 11.3 Å². The molecule has 4 nitrogen and oxygen atoms in total. The van der Waals surface area contributed by atoms with E-state index in [1.807, 2.05) is 30.3 Å². The molecule has 0 radical (unpaired) electrons. The van der Waals surface area contributed by atoms with E-state index >= 15 is 0 Å². The Labute approximate surface area is 136 Å². The minimum atomic E-state index is 0.610. The van der Waals surface area contributed by atoms with Crippen molar-refractivity contribution in [1.29, 1.82) is 0 Å². The van der Waals surface area contributed by atoms with Crippen molar-refractivity contribution in [3.05, 3.63) is 52.7 Å². The lowest BCUT2D eigenvalue weighted by atomic mass is 10.3. The van der Waals surface area contributed by atoms with Gasteiger partial charge in [-0.25, -0.2) is 0 Å². The van der Waals surface area contributed by atoms with Crippen molar-refractivity contribution in [1.82, 2.24) is 10.6 Å². The molecule has 0 saturated heterocycles. The first-order valence-electron chi connectivity index (χ1n) is 7.61. The van der Waals surface area contributed by atoms with Crippen molar-refractivity contribution in [2.75, 3.05) is 26.2 Å². The van der Waals surface area contributed by atoms with Gasteiger partial charge in [0.25, 0.3) is 0 Å². The number of aliphatic imine (C=N–C) groups is 1. The summed E-state index contributed by atoms with van der Waals surface area (Å²) in [6.07, 6.45) is 0.981. The van der Waals surface area contributed by atoms with Crippen LogP contribution in [0.15, 0.2) is 52.8 Å². The van der Waals surface area contributed by atoms with Crippen LogP contribution in [-0.2, 0) is 6.42 Å². The number of rotatable bonds is 8. The van der Waals surface area contributed by atoms with Crippen LogP contribution >= 0.6 is 11.3 Å². The van der Waals surface area contributed by atoms with E-state index in [2.05, 4.69) is 40.1 Å².